The molecule has 0 unspecified atom stereocenters. The standard InChI is InChI=1S/C18H16F2N4O/c1-2-14-17(16(24-23-14)11-6-5-7-12(19)10-11)22-18(25)21-15-9-4-3-8-13(15)20/h3-10H,2H2,1H3,(H,23,24)(H2,21,22,25). The third kappa shape index (κ3) is 3.65. The molecule has 3 rings (SSSR count). The summed E-state index contributed by atoms with van der Waals surface area (Å²) in [4.78, 5) is 12.2. The van der Waals surface area contributed by atoms with Crippen LogP contribution in [0.5, 0.6) is 0 Å². The Bertz CT molecular complexity index is 908. The largest absolute Gasteiger partial charge is 0.323 e. The summed E-state index contributed by atoms with van der Waals surface area (Å²) in [5.74, 6) is -0.939. The topological polar surface area (TPSA) is 69.8 Å². The third-order valence-corrected chi connectivity index (χ3v) is 3.65. The second-order valence-electron chi connectivity index (χ2n) is 5.35. The Morgan fingerprint density at radius 1 is 1.12 bits per heavy atom. The van der Waals surface area contributed by atoms with Crippen LogP contribution in [0, 0.1) is 11.6 Å². The van der Waals surface area contributed by atoms with Crippen LogP contribution < -0.4 is 10.6 Å². The number of anilines is 2. The van der Waals surface area contributed by atoms with E-state index in [4.69, 9.17) is 0 Å². The van der Waals surface area contributed by atoms with Gasteiger partial charge in [0.1, 0.15) is 17.3 Å². The highest BCUT2D eigenvalue weighted by Gasteiger charge is 2.17. The van der Waals surface area contributed by atoms with Gasteiger partial charge in [0.25, 0.3) is 0 Å². The number of urea groups is 1. The summed E-state index contributed by atoms with van der Waals surface area (Å²) >= 11 is 0. The summed E-state index contributed by atoms with van der Waals surface area (Å²) in [6.45, 7) is 1.89. The summed E-state index contributed by atoms with van der Waals surface area (Å²) < 4.78 is 27.1. The molecule has 0 fully saturated rings. The average molecular weight is 342 g/mol. The van der Waals surface area contributed by atoms with Gasteiger partial charge in [-0.15, -0.1) is 0 Å². The molecule has 7 heteroatoms. The molecule has 0 bridgehead atoms. The molecule has 0 aliphatic rings. The van der Waals surface area contributed by atoms with Gasteiger partial charge in [-0.05, 0) is 30.7 Å². The Labute approximate surface area is 143 Å². The smallest absolute Gasteiger partial charge is 0.305 e. The molecule has 5 nitrogen and oxygen atoms in total. The highest BCUT2D eigenvalue weighted by molar-refractivity contribution is 6.02. The molecule has 2 aromatic carbocycles. The van der Waals surface area contributed by atoms with E-state index >= 15 is 0 Å². The third-order valence-electron chi connectivity index (χ3n) is 3.65. The maximum atomic E-state index is 13.7. The molecule has 3 aromatic rings. The number of H-pyrrole nitrogens is 1. The molecule has 25 heavy (non-hydrogen) atoms. The number of aromatic amines is 1. The van der Waals surface area contributed by atoms with Crippen LogP contribution in [0.15, 0.2) is 48.5 Å². The fourth-order valence-electron chi connectivity index (χ4n) is 2.44. The molecular formula is C18H16F2N4O. The number of para-hydroxylation sites is 1. The summed E-state index contributed by atoms with van der Waals surface area (Å²) in [5, 5.41) is 12.1. The zero-order chi connectivity index (χ0) is 17.8. The number of hydrogen-bond acceptors (Lipinski definition) is 2. The molecule has 1 heterocycles. The molecule has 0 radical (unpaired) electrons. The van der Waals surface area contributed by atoms with Crippen molar-refractivity contribution in [2.45, 2.75) is 13.3 Å². The Kier molecular flexibility index (Phi) is 4.74. The van der Waals surface area contributed by atoms with E-state index in [1.54, 1.807) is 18.2 Å². The molecule has 0 atom stereocenters. The van der Waals surface area contributed by atoms with Crippen molar-refractivity contribution >= 4 is 17.4 Å². The van der Waals surface area contributed by atoms with Gasteiger partial charge in [-0.3, -0.25) is 5.10 Å². The van der Waals surface area contributed by atoms with Gasteiger partial charge < -0.3 is 10.6 Å². The van der Waals surface area contributed by atoms with Crippen molar-refractivity contribution in [2.24, 2.45) is 0 Å². The van der Waals surface area contributed by atoms with E-state index in [0.717, 1.165) is 0 Å². The minimum Gasteiger partial charge on any atom is -0.305 e. The maximum absolute atomic E-state index is 13.7. The molecule has 0 saturated heterocycles. The number of nitrogens with one attached hydrogen (secondary N) is 3. The molecular weight excluding hydrogens is 326 g/mol. The lowest BCUT2D eigenvalue weighted by Crippen LogP contribution is -2.21. The first-order valence-electron chi connectivity index (χ1n) is 7.74. The van der Waals surface area contributed by atoms with Crippen LogP contribution >= 0.6 is 0 Å². The second-order valence-corrected chi connectivity index (χ2v) is 5.35. The van der Waals surface area contributed by atoms with Gasteiger partial charge in [-0.2, -0.15) is 5.10 Å². The Hall–Kier alpha value is -3.22. The Morgan fingerprint density at radius 3 is 2.64 bits per heavy atom. The van der Waals surface area contributed by atoms with Crippen molar-refractivity contribution < 1.29 is 13.6 Å². The monoisotopic (exact) mass is 342 g/mol. The first kappa shape index (κ1) is 16.6. The molecule has 0 saturated carbocycles. The zero-order valence-corrected chi connectivity index (χ0v) is 13.4. The Balaban J connectivity index is 1.88. The minimum atomic E-state index is -0.612. The van der Waals surface area contributed by atoms with E-state index in [-0.39, 0.29) is 5.69 Å². The lowest BCUT2D eigenvalue weighted by atomic mass is 10.1. The SMILES string of the molecule is CCc1[nH]nc(-c2cccc(F)c2)c1NC(=O)Nc1ccccc1F. The highest BCUT2D eigenvalue weighted by Crippen LogP contribution is 2.29. The molecule has 0 aliphatic carbocycles. The van der Waals surface area contributed by atoms with Crippen LogP contribution in [-0.4, -0.2) is 16.2 Å². The van der Waals surface area contributed by atoms with E-state index < -0.39 is 17.7 Å². The van der Waals surface area contributed by atoms with Crippen LogP contribution in [0.1, 0.15) is 12.6 Å². The zero-order valence-electron chi connectivity index (χ0n) is 13.4. The number of carbonyl (C=O) groups is 1. The molecule has 128 valence electrons. The first-order chi connectivity index (χ1) is 12.1. The first-order valence-corrected chi connectivity index (χ1v) is 7.74. The van der Waals surface area contributed by atoms with E-state index in [0.29, 0.717) is 29.1 Å². The molecule has 3 N–H and O–H groups in total. The quantitative estimate of drug-likeness (QED) is 0.650. The second kappa shape index (κ2) is 7.12. The van der Waals surface area contributed by atoms with Crippen LogP contribution in [-0.2, 0) is 6.42 Å². The van der Waals surface area contributed by atoms with Gasteiger partial charge in [-0.25, -0.2) is 13.6 Å². The number of halogens is 2. The maximum Gasteiger partial charge on any atom is 0.323 e. The Morgan fingerprint density at radius 2 is 1.92 bits per heavy atom. The van der Waals surface area contributed by atoms with Gasteiger partial charge >= 0.3 is 6.03 Å². The molecule has 0 spiro atoms. The van der Waals surface area contributed by atoms with Gasteiger partial charge in [0.2, 0.25) is 0 Å². The van der Waals surface area contributed by atoms with E-state index in [1.165, 1.54) is 30.3 Å². The van der Waals surface area contributed by atoms with Crippen LogP contribution in [0.3, 0.4) is 0 Å². The predicted octanol–water partition coefficient (Wildman–Crippen LogP) is 4.56. The van der Waals surface area contributed by atoms with E-state index in [2.05, 4.69) is 20.8 Å². The van der Waals surface area contributed by atoms with Gasteiger partial charge in [0.05, 0.1) is 17.1 Å². The van der Waals surface area contributed by atoms with Gasteiger partial charge in [0.15, 0.2) is 0 Å². The number of carbonyl (C=O) groups excluding carboxylic acids is 1. The predicted molar refractivity (Wildman–Crippen MR) is 92.4 cm³/mol. The summed E-state index contributed by atoms with van der Waals surface area (Å²) in [6.07, 6.45) is 0.581. The van der Waals surface area contributed by atoms with Crippen LogP contribution in [0.25, 0.3) is 11.3 Å². The van der Waals surface area contributed by atoms with Crippen molar-refractivity contribution in [3.63, 3.8) is 0 Å². The van der Waals surface area contributed by atoms with Crippen molar-refractivity contribution in [2.75, 3.05) is 10.6 Å². The average Bonchev–Trinajstić information content (AvgIpc) is 2.99. The normalized spacial score (nSPS) is 10.5. The molecule has 0 aliphatic heterocycles. The fourth-order valence-corrected chi connectivity index (χ4v) is 2.44. The van der Waals surface area contributed by atoms with Crippen LogP contribution in [0.4, 0.5) is 25.0 Å². The van der Waals surface area contributed by atoms with E-state index in [1.807, 2.05) is 6.92 Å². The molecule has 1 aromatic heterocycles. The number of benzene rings is 2. The van der Waals surface area contributed by atoms with Crippen molar-refractivity contribution in [3.8, 4) is 11.3 Å². The van der Waals surface area contributed by atoms with Crippen LogP contribution in [0.2, 0.25) is 0 Å². The lowest BCUT2D eigenvalue weighted by molar-refractivity contribution is 0.262. The summed E-state index contributed by atoms with van der Waals surface area (Å²) in [7, 11) is 0. The number of aromatic nitrogens is 2. The number of rotatable bonds is 4. The van der Waals surface area contributed by atoms with Crippen molar-refractivity contribution in [3.05, 3.63) is 65.9 Å². The van der Waals surface area contributed by atoms with E-state index in [9.17, 15) is 13.6 Å². The summed E-state index contributed by atoms with van der Waals surface area (Å²) in [6, 6.07) is 11.2. The molecule has 2 amide bonds. The number of nitrogens with zero attached hydrogens (tertiary/aromatic N) is 1. The summed E-state index contributed by atoms with van der Waals surface area (Å²) in [5.41, 5.74) is 2.12. The number of aryl methyl sites for hydroxylation is 1. The minimum absolute atomic E-state index is 0.0637. The van der Waals surface area contributed by atoms with Crippen molar-refractivity contribution in [1.29, 1.82) is 0 Å². The number of amides is 2. The fraction of sp³-hybridized carbons (Fsp3) is 0.111. The van der Waals surface area contributed by atoms with Crippen molar-refractivity contribution in [1.82, 2.24) is 10.2 Å². The lowest BCUT2D eigenvalue weighted by Gasteiger charge is -2.10. The van der Waals surface area contributed by atoms with Gasteiger partial charge in [0, 0.05) is 5.56 Å². The number of hydrogen-bond donors (Lipinski definition) is 3. The highest BCUT2D eigenvalue weighted by atomic mass is 19.1. The van der Waals surface area contributed by atoms with Gasteiger partial charge in [-0.1, -0.05) is 31.2 Å².